The molecule has 0 fully saturated rings. The first-order chi connectivity index (χ1) is 9.32. The lowest BCUT2D eigenvalue weighted by Gasteiger charge is -2.20. The number of hydrogen-bond donors (Lipinski definition) is 2. The molecule has 2 aromatic carbocycles. The average Bonchev–Trinajstić information content (AvgIpc) is 2.37. The van der Waals surface area contributed by atoms with Crippen LogP contribution in [0.2, 0.25) is 0 Å². The Balaban J connectivity index is 2.49. The summed E-state index contributed by atoms with van der Waals surface area (Å²) in [6.45, 7) is 0. The first kappa shape index (κ1) is 14.1. The van der Waals surface area contributed by atoms with E-state index in [1.807, 2.05) is 0 Å². The van der Waals surface area contributed by atoms with Gasteiger partial charge in [-0.2, -0.15) is 0 Å². The molecule has 0 aliphatic heterocycles. The van der Waals surface area contributed by atoms with Gasteiger partial charge in [0.05, 0.1) is 11.4 Å². The smallest absolute Gasteiger partial charge is 0.266 e. The van der Waals surface area contributed by atoms with Gasteiger partial charge < -0.3 is 10.8 Å². The van der Waals surface area contributed by atoms with Crippen molar-refractivity contribution in [3.8, 4) is 5.75 Å². The van der Waals surface area contributed by atoms with Gasteiger partial charge in [-0.1, -0.05) is 6.07 Å². The van der Waals surface area contributed by atoms with E-state index >= 15 is 0 Å². The summed E-state index contributed by atoms with van der Waals surface area (Å²) in [5, 5.41) is 9.39. The van der Waals surface area contributed by atoms with Crippen LogP contribution >= 0.6 is 0 Å². The average molecular weight is 296 g/mol. The Bertz CT molecular complexity index is 747. The van der Waals surface area contributed by atoms with Gasteiger partial charge in [0.25, 0.3) is 10.0 Å². The molecular formula is C13H13FN2O3S. The molecule has 20 heavy (non-hydrogen) atoms. The zero-order chi connectivity index (χ0) is 14.9. The lowest BCUT2D eigenvalue weighted by Crippen LogP contribution is -2.27. The number of sulfonamides is 1. The van der Waals surface area contributed by atoms with Crippen LogP contribution in [-0.4, -0.2) is 20.6 Å². The Morgan fingerprint density at radius 1 is 1.20 bits per heavy atom. The summed E-state index contributed by atoms with van der Waals surface area (Å²) < 4.78 is 38.8. The second-order valence-electron chi connectivity index (χ2n) is 4.17. The van der Waals surface area contributed by atoms with Gasteiger partial charge in [-0.05, 0) is 30.3 Å². The number of nitrogens with two attached hydrogens (primary N) is 1. The minimum atomic E-state index is -3.93. The highest BCUT2D eigenvalue weighted by atomic mass is 32.2. The van der Waals surface area contributed by atoms with Crippen molar-refractivity contribution in [1.82, 2.24) is 0 Å². The van der Waals surface area contributed by atoms with Crippen LogP contribution in [0.15, 0.2) is 47.4 Å². The molecular weight excluding hydrogens is 283 g/mol. The lowest BCUT2D eigenvalue weighted by molar-refractivity contribution is 0.475. The van der Waals surface area contributed by atoms with Crippen LogP contribution in [0.25, 0.3) is 0 Å². The van der Waals surface area contributed by atoms with Crippen LogP contribution in [0.1, 0.15) is 0 Å². The number of rotatable bonds is 3. The minimum absolute atomic E-state index is 0.0587. The summed E-state index contributed by atoms with van der Waals surface area (Å²) >= 11 is 0. The lowest BCUT2D eigenvalue weighted by atomic mass is 10.3. The third kappa shape index (κ3) is 2.53. The van der Waals surface area contributed by atoms with Crippen LogP contribution in [0, 0.1) is 5.82 Å². The zero-order valence-electron chi connectivity index (χ0n) is 10.6. The second kappa shape index (κ2) is 5.01. The first-order valence-electron chi connectivity index (χ1n) is 5.65. The van der Waals surface area contributed by atoms with Gasteiger partial charge in [-0.25, -0.2) is 12.8 Å². The molecule has 0 amide bonds. The molecule has 106 valence electrons. The van der Waals surface area contributed by atoms with Crippen LogP contribution in [0.4, 0.5) is 15.8 Å². The number of phenols is 1. The second-order valence-corrected chi connectivity index (χ2v) is 6.11. The van der Waals surface area contributed by atoms with Crippen molar-refractivity contribution >= 4 is 21.4 Å². The highest BCUT2D eigenvalue weighted by Crippen LogP contribution is 2.28. The van der Waals surface area contributed by atoms with Crippen molar-refractivity contribution in [3.05, 3.63) is 48.3 Å². The largest absolute Gasteiger partial charge is 0.508 e. The maximum absolute atomic E-state index is 13.0. The Morgan fingerprint density at radius 2 is 1.90 bits per heavy atom. The normalized spacial score (nSPS) is 11.3. The van der Waals surface area contributed by atoms with E-state index in [-0.39, 0.29) is 22.0 Å². The molecule has 2 aromatic rings. The Labute approximate surface area is 116 Å². The highest BCUT2D eigenvalue weighted by Gasteiger charge is 2.24. The number of nitrogens with zero attached hydrogens (tertiary/aromatic N) is 1. The molecule has 0 unspecified atom stereocenters. The van der Waals surface area contributed by atoms with E-state index in [2.05, 4.69) is 0 Å². The minimum Gasteiger partial charge on any atom is -0.508 e. The number of anilines is 2. The van der Waals surface area contributed by atoms with E-state index in [1.165, 1.54) is 31.3 Å². The third-order valence-corrected chi connectivity index (χ3v) is 4.66. The predicted molar refractivity (Wildman–Crippen MR) is 74.5 cm³/mol. The van der Waals surface area contributed by atoms with Crippen molar-refractivity contribution in [2.75, 3.05) is 17.1 Å². The molecule has 0 radical (unpaired) electrons. The van der Waals surface area contributed by atoms with E-state index in [9.17, 15) is 17.9 Å². The fourth-order valence-electron chi connectivity index (χ4n) is 1.73. The van der Waals surface area contributed by atoms with Crippen molar-refractivity contribution in [2.45, 2.75) is 4.90 Å². The highest BCUT2D eigenvalue weighted by molar-refractivity contribution is 7.93. The molecule has 0 aliphatic rings. The van der Waals surface area contributed by atoms with Crippen molar-refractivity contribution in [2.24, 2.45) is 0 Å². The number of halogens is 1. The van der Waals surface area contributed by atoms with Crippen LogP contribution in [-0.2, 0) is 10.0 Å². The Morgan fingerprint density at radius 3 is 2.50 bits per heavy atom. The number of nitrogen functional groups attached to an aromatic ring is 1. The van der Waals surface area contributed by atoms with Gasteiger partial charge in [0.2, 0.25) is 0 Å². The number of aromatic hydroxyl groups is 1. The molecule has 0 bridgehead atoms. The number of benzene rings is 2. The summed E-state index contributed by atoms with van der Waals surface area (Å²) in [5.41, 5.74) is 5.66. The standard InChI is InChI=1S/C13H13FN2O3S/c1-16(10-3-2-4-11(17)8-10)20(18,19)13-6-5-9(14)7-12(13)15/h2-8,17H,15H2,1H3. The van der Waals surface area contributed by atoms with E-state index in [4.69, 9.17) is 5.73 Å². The molecule has 0 atom stereocenters. The van der Waals surface area contributed by atoms with Gasteiger partial charge in [0, 0.05) is 13.1 Å². The maximum atomic E-state index is 13.0. The molecule has 0 aliphatic carbocycles. The van der Waals surface area contributed by atoms with E-state index in [0.717, 1.165) is 22.5 Å². The third-order valence-electron chi connectivity index (χ3n) is 2.80. The Hall–Kier alpha value is -2.28. The molecule has 5 nitrogen and oxygen atoms in total. The molecule has 7 heteroatoms. The molecule has 0 saturated carbocycles. The fourth-order valence-corrected chi connectivity index (χ4v) is 3.01. The molecule has 0 heterocycles. The predicted octanol–water partition coefficient (Wildman–Crippen LogP) is 1.94. The SMILES string of the molecule is CN(c1cccc(O)c1)S(=O)(=O)c1ccc(F)cc1N. The van der Waals surface area contributed by atoms with Crippen LogP contribution in [0.5, 0.6) is 5.75 Å². The molecule has 0 spiro atoms. The number of hydrogen-bond acceptors (Lipinski definition) is 4. The van der Waals surface area contributed by atoms with Crippen molar-refractivity contribution in [3.63, 3.8) is 0 Å². The maximum Gasteiger partial charge on any atom is 0.266 e. The molecule has 2 rings (SSSR count). The molecule has 3 N–H and O–H groups in total. The van der Waals surface area contributed by atoms with Crippen LogP contribution < -0.4 is 10.0 Å². The molecule has 0 saturated heterocycles. The van der Waals surface area contributed by atoms with Crippen molar-refractivity contribution in [1.29, 1.82) is 0 Å². The van der Waals surface area contributed by atoms with Gasteiger partial charge >= 0.3 is 0 Å². The number of phenolic OH excluding ortho intramolecular Hbond substituents is 1. The summed E-state index contributed by atoms with van der Waals surface area (Å²) in [6, 6.07) is 8.86. The zero-order valence-corrected chi connectivity index (χ0v) is 11.4. The first-order valence-corrected chi connectivity index (χ1v) is 7.09. The van der Waals surface area contributed by atoms with E-state index < -0.39 is 15.8 Å². The molecule has 0 aromatic heterocycles. The van der Waals surface area contributed by atoms with Gasteiger partial charge in [0.15, 0.2) is 0 Å². The summed E-state index contributed by atoms with van der Waals surface area (Å²) in [4.78, 5) is -0.190. The van der Waals surface area contributed by atoms with E-state index in [0.29, 0.717) is 0 Å². The van der Waals surface area contributed by atoms with Gasteiger partial charge in [-0.15, -0.1) is 0 Å². The monoisotopic (exact) mass is 296 g/mol. The van der Waals surface area contributed by atoms with Gasteiger partial charge in [-0.3, -0.25) is 4.31 Å². The topological polar surface area (TPSA) is 83.6 Å². The summed E-state index contributed by atoms with van der Waals surface area (Å²) in [7, 11) is -2.60. The van der Waals surface area contributed by atoms with E-state index in [1.54, 1.807) is 0 Å². The van der Waals surface area contributed by atoms with Crippen LogP contribution in [0.3, 0.4) is 0 Å². The van der Waals surface area contributed by atoms with Gasteiger partial charge in [0.1, 0.15) is 16.5 Å². The van der Waals surface area contributed by atoms with Crippen molar-refractivity contribution < 1.29 is 17.9 Å². The fraction of sp³-hybridized carbons (Fsp3) is 0.0769. The summed E-state index contributed by atoms with van der Waals surface area (Å²) in [5.74, 6) is -0.668. The summed E-state index contributed by atoms with van der Waals surface area (Å²) in [6.07, 6.45) is 0. The Kier molecular flexibility index (Phi) is 3.54. The quantitative estimate of drug-likeness (QED) is 0.848.